The molecule has 1 saturated heterocycles. The number of furan rings is 1. The monoisotopic (exact) mass is 294 g/mol. The minimum atomic E-state index is -0.0301. The number of ether oxygens (including phenoxy) is 1. The van der Waals surface area contributed by atoms with Crippen molar-refractivity contribution in [2.45, 2.75) is 32.1 Å². The summed E-state index contributed by atoms with van der Waals surface area (Å²) in [6, 6.07) is 3.80. The highest BCUT2D eigenvalue weighted by Crippen LogP contribution is 2.29. The van der Waals surface area contributed by atoms with E-state index in [1.807, 2.05) is 12.1 Å². The Hall–Kier alpha value is -0.880. The van der Waals surface area contributed by atoms with Gasteiger partial charge in [-0.1, -0.05) is 0 Å². The molecule has 1 saturated carbocycles. The predicted molar refractivity (Wildman–Crippen MR) is 79.9 cm³/mol. The highest BCUT2D eigenvalue weighted by atomic mass is 16.5. The summed E-state index contributed by atoms with van der Waals surface area (Å²) in [4.78, 5) is 4.78. The van der Waals surface area contributed by atoms with E-state index in [1.165, 1.54) is 19.4 Å². The highest BCUT2D eigenvalue weighted by Gasteiger charge is 2.26. The van der Waals surface area contributed by atoms with Gasteiger partial charge in [0, 0.05) is 26.2 Å². The highest BCUT2D eigenvalue weighted by molar-refractivity contribution is 5.06. The van der Waals surface area contributed by atoms with E-state index in [1.54, 1.807) is 0 Å². The molecule has 1 atom stereocenters. The van der Waals surface area contributed by atoms with E-state index in [0.717, 1.165) is 44.5 Å². The molecule has 2 heterocycles. The second kappa shape index (κ2) is 6.92. The van der Waals surface area contributed by atoms with Gasteiger partial charge in [-0.3, -0.25) is 4.90 Å². The first-order valence-electron chi connectivity index (χ1n) is 7.94. The third-order valence-electron chi connectivity index (χ3n) is 4.26. The minimum absolute atomic E-state index is 0.0301. The fraction of sp³-hybridized carbons (Fsp3) is 0.750. The van der Waals surface area contributed by atoms with Crippen molar-refractivity contribution in [3.05, 3.63) is 23.7 Å². The normalized spacial score (nSPS) is 23.9. The number of aliphatic hydroxyl groups is 1. The molecule has 1 aromatic rings. The van der Waals surface area contributed by atoms with Crippen LogP contribution in [0.4, 0.5) is 0 Å². The zero-order chi connectivity index (χ0) is 14.7. The van der Waals surface area contributed by atoms with E-state index >= 15 is 0 Å². The van der Waals surface area contributed by atoms with Gasteiger partial charge in [-0.05, 0) is 37.9 Å². The Morgan fingerprint density at radius 2 is 2.10 bits per heavy atom. The van der Waals surface area contributed by atoms with Gasteiger partial charge in [0.2, 0.25) is 0 Å². The summed E-state index contributed by atoms with van der Waals surface area (Å²) in [6.45, 7) is 5.66. The molecule has 0 unspecified atom stereocenters. The Morgan fingerprint density at radius 3 is 2.81 bits per heavy atom. The summed E-state index contributed by atoms with van der Waals surface area (Å²) in [5.41, 5.74) is 0. The van der Waals surface area contributed by atoms with Crippen LogP contribution in [-0.2, 0) is 17.9 Å². The van der Waals surface area contributed by atoms with Gasteiger partial charge >= 0.3 is 0 Å². The lowest BCUT2D eigenvalue weighted by atomic mass is 10.2. The van der Waals surface area contributed by atoms with Crippen molar-refractivity contribution in [1.29, 1.82) is 0 Å². The number of likely N-dealkylation sites (N-methyl/N-ethyl adjacent to an activating group) is 1. The van der Waals surface area contributed by atoms with Crippen LogP contribution in [0.3, 0.4) is 0 Å². The second-order valence-corrected chi connectivity index (χ2v) is 6.42. The quantitative estimate of drug-likeness (QED) is 0.822. The van der Waals surface area contributed by atoms with Crippen molar-refractivity contribution in [2.75, 3.05) is 39.8 Å². The maximum atomic E-state index is 9.04. The fourth-order valence-corrected chi connectivity index (χ4v) is 3.01. The lowest BCUT2D eigenvalue weighted by Crippen LogP contribution is -2.46. The molecule has 0 radical (unpaired) electrons. The Balaban J connectivity index is 1.45. The first kappa shape index (κ1) is 15.0. The summed E-state index contributed by atoms with van der Waals surface area (Å²) in [7, 11) is 2.20. The molecule has 0 aromatic carbocycles. The zero-order valence-corrected chi connectivity index (χ0v) is 12.8. The topological polar surface area (TPSA) is 49.1 Å². The first-order chi connectivity index (χ1) is 10.2. The van der Waals surface area contributed by atoms with Crippen LogP contribution in [-0.4, -0.2) is 60.8 Å². The average molecular weight is 294 g/mol. The molecule has 1 aliphatic carbocycles. The molecule has 3 rings (SSSR count). The van der Waals surface area contributed by atoms with Crippen LogP contribution in [0, 0.1) is 5.92 Å². The van der Waals surface area contributed by atoms with Crippen LogP contribution in [0.25, 0.3) is 0 Å². The molecule has 5 heteroatoms. The molecule has 0 amide bonds. The molecule has 0 bridgehead atoms. The number of rotatable bonds is 7. The van der Waals surface area contributed by atoms with E-state index in [9.17, 15) is 0 Å². The van der Waals surface area contributed by atoms with Gasteiger partial charge in [0.25, 0.3) is 0 Å². The Kier molecular flexibility index (Phi) is 4.95. The number of morpholine rings is 1. The van der Waals surface area contributed by atoms with Gasteiger partial charge < -0.3 is 19.2 Å². The van der Waals surface area contributed by atoms with E-state index in [4.69, 9.17) is 14.3 Å². The van der Waals surface area contributed by atoms with E-state index < -0.39 is 0 Å². The molecule has 2 fully saturated rings. The average Bonchev–Trinajstić information content (AvgIpc) is 3.15. The molecule has 0 spiro atoms. The molecular weight excluding hydrogens is 268 g/mol. The van der Waals surface area contributed by atoms with E-state index in [-0.39, 0.29) is 12.7 Å². The Labute approximate surface area is 126 Å². The molecular formula is C16H26N2O3. The largest absolute Gasteiger partial charge is 0.462 e. The fourth-order valence-electron chi connectivity index (χ4n) is 3.01. The maximum absolute atomic E-state index is 9.04. The van der Waals surface area contributed by atoms with Gasteiger partial charge in [-0.2, -0.15) is 0 Å². The third-order valence-corrected chi connectivity index (χ3v) is 4.26. The van der Waals surface area contributed by atoms with Crippen LogP contribution < -0.4 is 0 Å². The SMILES string of the molecule is CN(CC1CC1)C[C@H]1CN(Cc2ccc(CO)o2)CCO1. The number of hydrogen-bond acceptors (Lipinski definition) is 5. The Morgan fingerprint density at radius 1 is 1.29 bits per heavy atom. The van der Waals surface area contributed by atoms with E-state index in [2.05, 4.69) is 16.8 Å². The van der Waals surface area contributed by atoms with Gasteiger partial charge in [0.1, 0.15) is 18.1 Å². The van der Waals surface area contributed by atoms with Crippen molar-refractivity contribution < 1.29 is 14.3 Å². The predicted octanol–water partition coefficient (Wildman–Crippen LogP) is 1.31. The van der Waals surface area contributed by atoms with Crippen molar-refractivity contribution in [1.82, 2.24) is 9.80 Å². The van der Waals surface area contributed by atoms with Crippen molar-refractivity contribution in [3.63, 3.8) is 0 Å². The molecule has 21 heavy (non-hydrogen) atoms. The second-order valence-electron chi connectivity index (χ2n) is 6.42. The molecule has 1 aliphatic heterocycles. The van der Waals surface area contributed by atoms with Gasteiger partial charge in [0.15, 0.2) is 0 Å². The van der Waals surface area contributed by atoms with Crippen LogP contribution in [0.5, 0.6) is 0 Å². The van der Waals surface area contributed by atoms with Crippen molar-refractivity contribution in [3.8, 4) is 0 Å². The summed E-state index contributed by atoms with van der Waals surface area (Å²) < 4.78 is 11.5. The van der Waals surface area contributed by atoms with E-state index in [0.29, 0.717) is 5.76 Å². The van der Waals surface area contributed by atoms with Gasteiger partial charge in [-0.15, -0.1) is 0 Å². The van der Waals surface area contributed by atoms with Crippen molar-refractivity contribution >= 4 is 0 Å². The summed E-state index contributed by atoms with van der Waals surface area (Å²) in [6.07, 6.45) is 3.08. The molecule has 1 N–H and O–H groups in total. The van der Waals surface area contributed by atoms with Crippen LogP contribution in [0.2, 0.25) is 0 Å². The number of hydrogen-bond donors (Lipinski definition) is 1. The standard InChI is InChI=1S/C16H26N2O3/c1-17(8-13-2-3-13)9-16-11-18(6-7-20-16)10-14-4-5-15(12-19)21-14/h4-5,13,16,19H,2-3,6-12H2,1H3/t16-/m0/s1. The zero-order valence-electron chi connectivity index (χ0n) is 12.8. The molecule has 118 valence electrons. The first-order valence-corrected chi connectivity index (χ1v) is 7.94. The summed E-state index contributed by atoms with van der Waals surface area (Å²) in [5, 5.41) is 9.04. The Bertz CT molecular complexity index is 444. The molecule has 2 aliphatic rings. The van der Waals surface area contributed by atoms with Gasteiger partial charge in [-0.25, -0.2) is 0 Å². The minimum Gasteiger partial charge on any atom is -0.462 e. The van der Waals surface area contributed by atoms with Crippen LogP contribution in [0.1, 0.15) is 24.4 Å². The van der Waals surface area contributed by atoms with Gasteiger partial charge in [0.05, 0.1) is 19.3 Å². The van der Waals surface area contributed by atoms with Crippen molar-refractivity contribution in [2.24, 2.45) is 5.92 Å². The van der Waals surface area contributed by atoms with Crippen LogP contribution >= 0.6 is 0 Å². The lowest BCUT2D eigenvalue weighted by molar-refractivity contribution is -0.0450. The molecule has 5 nitrogen and oxygen atoms in total. The number of nitrogens with zero attached hydrogens (tertiary/aromatic N) is 2. The summed E-state index contributed by atoms with van der Waals surface area (Å²) in [5.74, 6) is 2.49. The maximum Gasteiger partial charge on any atom is 0.129 e. The third kappa shape index (κ3) is 4.54. The summed E-state index contributed by atoms with van der Waals surface area (Å²) >= 11 is 0. The lowest BCUT2D eigenvalue weighted by Gasteiger charge is -2.34. The molecule has 1 aromatic heterocycles. The van der Waals surface area contributed by atoms with Crippen LogP contribution in [0.15, 0.2) is 16.5 Å². The smallest absolute Gasteiger partial charge is 0.129 e. The number of aliphatic hydroxyl groups excluding tert-OH is 1.